The summed E-state index contributed by atoms with van der Waals surface area (Å²) in [4.78, 5) is 12.6. The summed E-state index contributed by atoms with van der Waals surface area (Å²) in [6.45, 7) is 3.79. The number of fused-ring (bicyclic) bond motifs is 1. The van der Waals surface area contributed by atoms with Crippen LogP contribution in [0.1, 0.15) is 29.7 Å². The zero-order chi connectivity index (χ0) is 20.2. The topological polar surface area (TPSA) is 47.1 Å². The SMILES string of the molecule is Cc1c(/C=C/c2cc[n+](C)cc2)c2ccccc2n1CC(=O)NC[C@H]1CCCO1. The Balaban J connectivity index is 1.57. The number of carbonyl (C=O) groups is 1. The quantitative estimate of drug-likeness (QED) is 0.657. The Morgan fingerprint density at radius 2 is 2.03 bits per heavy atom. The number of para-hydroxylation sites is 1. The third-order valence-electron chi connectivity index (χ3n) is 5.58. The maximum absolute atomic E-state index is 12.6. The van der Waals surface area contributed by atoms with Crippen molar-refractivity contribution in [3.05, 3.63) is 65.6 Å². The number of rotatable bonds is 6. The molecule has 2 aromatic heterocycles. The van der Waals surface area contributed by atoms with Crippen molar-refractivity contribution >= 4 is 29.0 Å². The molecule has 1 atom stereocenters. The Bertz CT molecular complexity index is 1030. The third-order valence-corrected chi connectivity index (χ3v) is 5.58. The van der Waals surface area contributed by atoms with Crippen LogP contribution in [0, 0.1) is 6.92 Å². The zero-order valence-electron chi connectivity index (χ0n) is 17.1. The van der Waals surface area contributed by atoms with Crippen molar-refractivity contribution in [2.24, 2.45) is 7.05 Å². The minimum Gasteiger partial charge on any atom is -0.376 e. The summed E-state index contributed by atoms with van der Waals surface area (Å²) in [5.74, 6) is 0.0236. The maximum Gasteiger partial charge on any atom is 0.240 e. The van der Waals surface area contributed by atoms with Gasteiger partial charge in [-0.2, -0.15) is 0 Å². The van der Waals surface area contributed by atoms with E-state index in [1.807, 2.05) is 36.1 Å². The van der Waals surface area contributed by atoms with E-state index in [-0.39, 0.29) is 12.0 Å². The number of aryl methyl sites for hydroxylation is 1. The minimum atomic E-state index is 0.0236. The number of amides is 1. The van der Waals surface area contributed by atoms with Crippen molar-refractivity contribution in [3.8, 4) is 0 Å². The molecule has 150 valence electrons. The van der Waals surface area contributed by atoms with Crippen LogP contribution in [-0.2, 0) is 23.1 Å². The van der Waals surface area contributed by atoms with Gasteiger partial charge in [-0.15, -0.1) is 0 Å². The van der Waals surface area contributed by atoms with Crippen molar-refractivity contribution in [1.29, 1.82) is 0 Å². The molecule has 1 N–H and O–H groups in total. The number of nitrogens with one attached hydrogen (secondary N) is 1. The van der Waals surface area contributed by atoms with Crippen molar-refractivity contribution in [2.75, 3.05) is 13.2 Å². The normalized spacial score (nSPS) is 16.7. The number of carbonyl (C=O) groups excluding carboxylic acids is 1. The maximum atomic E-state index is 12.6. The number of benzene rings is 1. The van der Waals surface area contributed by atoms with Gasteiger partial charge in [0.05, 0.1) is 6.10 Å². The van der Waals surface area contributed by atoms with E-state index >= 15 is 0 Å². The van der Waals surface area contributed by atoms with Crippen LogP contribution < -0.4 is 9.88 Å². The number of ether oxygens (including phenoxy) is 1. The molecule has 5 heteroatoms. The Hall–Kier alpha value is -2.92. The van der Waals surface area contributed by atoms with Crippen LogP contribution in [0.5, 0.6) is 0 Å². The Kier molecular flexibility index (Phi) is 5.76. The lowest BCUT2D eigenvalue weighted by Gasteiger charge is -2.12. The highest BCUT2D eigenvalue weighted by Crippen LogP contribution is 2.27. The fourth-order valence-electron chi connectivity index (χ4n) is 3.91. The highest BCUT2D eigenvalue weighted by molar-refractivity contribution is 5.94. The molecule has 1 aliphatic heterocycles. The van der Waals surface area contributed by atoms with E-state index in [0.717, 1.165) is 47.2 Å². The number of hydrogen-bond donors (Lipinski definition) is 1. The summed E-state index contributed by atoms with van der Waals surface area (Å²) in [5, 5.41) is 4.19. The molecule has 4 rings (SSSR count). The number of nitrogens with zero attached hydrogens (tertiary/aromatic N) is 2. The molecule has 0 radical (unpaired) electrons. The summed E-state index contributed by atoms with van der Waals surface area (Å²) in [5.41, 5.74) is 4.47. The van der Waals surface area contributed by atoms with Gasteiger partial charge in [-0.3, -0.25) is 4.79 Å². The zero-order valence-corrected chi connectivity index (χ0v) is 17.1. The first-order valence-corrected chi connectivity index (χ1v) is 10.2. The molecule has 0 unspecified atom stereocenters. The fraction of sp³-hybridized carbons (Fsp3) is 0.333. The van der Waals surface area contributed by atoms with Gasteiger partial charge >= 0.3 is 0 Å². The average Bonchev–Trinajstić information content (AvgIpc) is 3.34. The van der Waals surface area contributed by atoms with Gasteiger partial charge < -0.3 is 14.6 Å². The van der Waals surface area contributed by atoms with E-state index in [2.05, 4.69) is 53.2 Å². The van der Waals surface area contributed by atoms with Crippen molar-refractivity contribution in [2.45, 2.75) is 32.4 Å². The molecule has 0 aliphatic carbocycles. The Labute approximate surface area is 171 Å². The van der Waals surface area contributed by atoms with Gasteiger partial charge in [-0.05, 0) is 31.4 Å². The van der Waals surface area contributed by atoms with Gasteiger partial charge in [-0.25, -0.2) is 4.57 Å². The van der Waals surface area contributed by atoms with Gasteiger partial charge in [0.15, 0.2) is 12.4 Å². The van der Waals surface area contributed by atoms with Crippen molar-refractivity contribution in [1.82, 2.24) is 9.88 Å². The van der Waals surface area contributed by atoms with E-state index in [9.17, 15) is 4.79 Å². The predicted octanol–water partition coefficient (Wildman–Crippen LogP) is 3.24. The molecule has 1 saturated heterocycles. The van der Waals surface area contributed by atoms with Crippen molar-refractivity contribution in [3.63, 3.8) is 0 Å². The fourth-order valence-corrected chi connectivity index (χ4v) is 3.91. The molecular weight excluding hydrogens is 362 g/mol. The van der Waals surface area contributed by atoms with Crippen molar-refractivity contribution < 1.29 is 14.1 Å². The first kappa shape index (κ1) is 19.4. The summed E-state index contributed by atoms with van der Waals surface area (Å²) >= 11 is 0. The summed E-state index contributed by atoms with van der Waals surface area (Å²) in [7, 11) is 2.01. The number of hydrogen-bond acceptors (Lipinski definition) is 2. The monoisotopic (exact) mass is 390 g/mol. The average molecular weight is 391 g/mol. The summed E-state index contributed by atoms with van der Waals surface area (Å²) < 4.78 is 9.72. The van der Waals surface area contributed by atoms with Crippen LogP contribution in [0.25, 0.3) is 23.1 Å². The van der Waals surface area contributed by atoms with Crippen LogP contribution in [0.4, 0.5) is 0 Å². The molecule has 3 heterocycles. The van der Waals surface area contributed by atoms with E-state index in [1.54, 1.807) is 0 Å². The predicted molar refractivity (Wildman–Crippen MR) is 115 cm³/mol. The second-order valence-electron chi connectivity index (χ2n) is 7.67. The molecule has 5 nitrogen and oxygen atoms in total. The van der Waals surface area contributed by atoms with Crippen LogP contribution in [0.3, 0.4) is 0 Å². The first-order valence-electron chi connectivity index (χ1n) is 10.2. The molecule has 29 heavy (non-hydrogen) atoms. The van der Waals surface area contributed by atoms with E-state index in [0.29, 0.717) is 13.1 Å². The van der Waals surface area contributed by atoms with E-state index in [4.69, 9.17) is 4.74 Å². The van der Waals surface area contributed by atoms with Gasteiger partial charge in [-0.1, -0.05) is 30.4 Å². The highest BCUT2D eigenvalue weighted by atomic mass is 16.5. The van der Waals surface area contributed by atoms with Crippen LogP contribution in [0.15, 0.2) is 48.8 Å². The molecule has 0 saturated carbocycles. The second kappa shape index (κ2) is 8.62. The minimum absolute atomic E-state index is 0.0236. The van der Waals surface area contributed by atoms with Gasteiger partial charge in [0.1, 0.15) is 13.6 Å². The molecule has 3 aromatic rings. The standard InChI is InChI=1S/C24H27N3O2/c1-18-21(10-9-19-11-13-26(2)14-12-19)22-7-3-4-8-23(22)27(18)17-24(28)25-16-20-6-5-15-29-20/h3-4,7-14,20H,5-6,15-17H2,1-2H3/p+1/t20-/m1/s1. The lowest BCUT2D eigenvalue weighted by atomic mass is 10.1. The molecule has 1 amide bonds. The lowest BCUT2D eigenvalue weighted by Crippen LogP contribution is -2.34. The van der Waals surface area contributed by atoms with Crippen LogP contribution in [0.2, 0.25) is 0 Å². The number of aromatic nitrogens is 2. The first-order chi connectivity index (χ1) is 14.1. The molecule has 0 spiro atoms. The van der Waals surface area contributed by atoms with E-state index < -0.39 is 0 Å². The lowest BCUT2D eigenvalue weighted by molar-refractivity contribution is -0.671. The largest absolute Gasteiger partial charge is 0.376 e. The molecule has 1 aromatic carbocycles. The summed E-state index contributed by atoms with van der Waals surface area (Å²) in [6.07, 6.45) is 10.6. The Morgan fingerprint density at radius 3 is 2.79 bits per heavy atom. The van der Waals surface area contributed by atoms with Crippen LogP contribution in [-0.4, -0.2) is 29.7 Å². The molecule has 0 bridgehead atoms. The van der Waals surface area contributed by atoms with Gasteiger partial charge in [0.2, 0.25) is 5.91 Å². The third kappa shape index (κ3) is 4.40. The molecule has 1 aliphatic rings. The highest BCUT2D eigenvalue weighted by Gasteiger charge is 2.18. The summed E-state index contributed by atoms with van der Waals surface area (Å²) in [6, 6.07) is 12.4. The molecule has 1 fully saturated rings. The smallest absolute Gasteiger partial charge is 0.240 e. The number of pyridine rings is 1. The van der Waals surface area contributed by atoms with Gasteiger partial charge in [0, 0.05) is 47.4 Å². The second-order valence-corrected chi connectivity index (χ2v) is 7.67. The Morgan fingerprint density at radius 1 is 1.24 bits per heavy atom. The van der Waals surface area contributed by atoms with Crippen LogP contribution >= 0.6 is 0 Å². The van der Waals surface area contributed by atoms with E-state index in [1.165, 1.54) is 0 Å². The molecular formula is C24H28N3O2+. The van der Waals surface area contributed by atoms with Gasteiger partial charge in [0.25, 0.3) is 0 Å².